The van der Waals surface area contributed by atoms with Crippen LogP contribution in [-0.4, -0.2) is 66.0 Å². The van der Waals surface area contributed by atoms with Gasteiger partial charge >= 0.3 is 11.8 Å². The first kappa shape index (κ1) is 28.7. The summed E-state index contributed by atoms with van der Waals surface area (Å²) in [5, 5.41) is 12.6. The molecule has 1 N–H and O–H groups in total. The van der Waals surface area contributed by atoms with Crippen LogP contribution < -0.4 is 15.8 Å². The van der Waals surface area contributed by atoms with Crippen molar-refractivity contribution in [3.8, 4) is 22.9 Å². The van der Waals surface area contributed by atoms with Gasteiger partial charge < -0.3 is 28.8 Å². The quantitative estimate of drug-likeness (QED) is 0.493. The van der Waals surface area contributed by atoms with E-state index in [1.165, 1.54) is 16.6 Å². The van der Waals surface area contributed by atoms with Gasteiger partial charge in [0.2, 0.25) is 0 Å². The summed E-state index contributed by atoms with van der Waals surface area (Å²) < 4.78 is 23.4. The number of fused-ring (bicyclic) bond motifs is 1. The standard InChI is InChI=1S/C29H34N4O7/c1-29(2,3)40-28(36)33-11-6-12-38-25(17-33)26(34)31-21(16-30)13-20-8-7-19(15-24(20)37-5)18-9-10-23-22(14-18)32(4)27(35)39-23/h7-10,14-15,21,25H,6,11-13,17H2,1-5H3,(H,31,34)/t21?,25-/m0/s1. The summed E-state index contributed by atoms with van der Waals surface area (Å²) in [5.41, 5.74) is 2.95. The normalized spacial score (nSPS) is 16.6. The van der Waals surface area contributed by atoms with Crippen molar-refractivity contribution in [2.75, 3.05) is 26.8 Å². The molecule has 4 rings (SSSR count). The number of methoxy groups -OCH3 is 1. The number of aryl methyl sites for hydroxylation is 1. The molecule has 1 aliphatic heterocycles. The molecule has 0 spiro atoms. The van der Waals surface area contributed by atoms with E-state index in [1.807, 2.05) is 30.3 Å². The maximum absolute atomic E-state index is 13.1. The highest BCUT2D eigenvalue weighted by molar-refractivity contribution is 5.83. The van der Waals surface area contributed by atoms with E-state index in [-0.39, 0.29) is 13.0 Å². The van der Waals surface area contributed by atoms with Gasteiger partial charge in [0.05, 0.1) is 25.2 Å². The van der Waals surface area contributed by atoms with Crippen molar-refractivity contribution in [3.05, 3.63) is 52.5 Å². The minimum atomic E-state index is -0.927. The van der Waals surface area contributed by atoms with Gasteiger partial charge in [-0.2, -0.15) is 5.26 Å². The third-order valence-electron chi connectivity index (χ3n) is 6.53. The van der Waals surface area contributed by atoms with E-state index >= 15 is 0 Å². The lowest BCUT2D eigenvalue weighted by Crippen LogP contribution is -2.48. The van der Waals surface area contributed by atoms with Gasteiger partial charge in [-0.25, -0.2) is 9.59 Å². The molecule has 0 saturated carbocycles. The molecule has 1 fully saturated rings. The SMILES string of the molecule is COc1cc(-c2ccc3oc(=O)n(C)c3c2)ccc1CC(C#N)NC(=O)[C@@H]1CN(C(=O)OC(C)(C)C)CCCO1. The van der Waals surface area contributed by atoms with Gasteiger partial charge in [0, 0.05) is 26.6 Å². The molecule has 11 heteroatoms. The van der Waals surface area contributed by atoms with Crippen LogP contribution in [0, 0.1) is 11.3 Å². The summed E-state index contributed by atoms with van der Waals surface area (Å²) >= 11 is 0. The van der Waals surface area contributed by atoms with Crippen molar-refractivity contribution >= 4 is 23.1 Å². The molecule has 0 radical (unpaired) electrons. The van der Waals surface area contributed by atoms with Crippen LogP contribution in [0.2, 0.25) is 0 Å². The van der Waals surface area contributed by atoms with Gasteiger partial charge in [-0.15, -0.1) is 0 Å². The summed E-state index contributed by atoms with van der Waals surface area (Å²) in [7, 11) is 3.18. The summed E-state index contributed by atoms with van der Waals surface area (Å²) in [4.78, 5) is 38.9. The number of hydrogen-bond donors (Lipinski definition) is 1. The Kier molecular flexibility index (Phi) is 8.49. The zero-order chi connectivity index (χ0) is 29.0. The van der Waals surface area contributed by atoms with Gasteiger partial charge in [0.1, 0.15) is 17.4 Å². The van der Waals surface area contributed by atoms with Crippen LogP contribution in [0.1, 0.15) is 32.8 Å². The van der Waals surface area contributed by atoms with Gasteiger partial charge in [0.25, 0.3) is 5.91 Å². The number of carbonyl (C=O) groups excluding carboxylic acids is 2. The number of amides is 2. The van der Waals surface area contributed by atoms with Crippen LogP contribution in [0.5, 0.6) is 5.75 Å². The van der Waals surface area contributed by atoms with Crippen LogP contribution in [0.25, 0.3) is 22.2 Å². The van der Waals surface area contributed by atoms with Gasteiger partial charge in [-0.3, -0.25) is 9.36 Å². The molecule has 11 nitrogen and oxygen atoms in total. The average molecular weight is 551 g/mol. The number of nitrogens with one attached hydrogen (secondary N) is 1. The highest BCUT2D eigenvalue weighted by Crippen LogP contribution is 2.30. The Morgan fingerprint density at radius 1 is 1.20 bits per heavy atom. The minimum Gasteiger partial charge on any atom is -0.496 e. The molecular weight excluding hydrogens is 516 g/mol. The Labute approximate surface area is 232 Å². The number of rotatable bonds is 6. The Hall–Kier alpha value is -4.30. The van der Waals surface area contributed by atoms with Crippen molar-refractivity contribution in [1.82, 2.24) is 14.8 Å². The molecule has 1 saturated heterocycles. The molecule has 212 valence electrons. The monoisotopic (exact) mass is 550 g/mol. The van der Waals surface area contributed by atoms with E-state index in [2.05, 4.69) is 11.4 Å². The number of benzene rings is 2. The molecule has 1 aliphatic rings. The molecule has 2 aromatic carbocycles. The molecule has 3 aromatic rings. The van der Waals surface area contributed by atoms with Gasteiger partial charge in [-0.05, 0) is 62.1 Å². The highest BCUT2D eigenvalue weighted by atomic mass is 16.6. The summed E-state index contributed by atoms with van der Waals surface area (Å²) in [6.07, 6.45) is -0.669. The molecular formula is C29H34N4O7. The summed E-state index contributed by atoms with van der Waals surface area (Å²) in [5.74, 6) is -0.358. The lowest BCUT2D eigenvalue weighted by Gasteiger charge is -2.27. The first-order chi connectivity index (χ1) is 19.0. The lowest BCUT2D eigenvalue weighted by molar-refractivity contribution is -0.133. The van der Waals surface area contributed by atoms with E-state index in [1.54, 1.807) is 33.9 Å². The van der Waals surface area contributed by atoms with Gasteiger partial charge in [0.15, 0.2) is 11.7 Å². The van der Waals surface area contributed by atoms with Crippen molar-refractivity contribution in [3.63, 3.8) is 0 Å². The van der Waals surface area contributed by atoms with Crippen molar-refractivity contribution in [2.24, 2.45) is 7.05 Å². The van der Waals surface area contributed by atoms with Crippen LogP contribution in [0.15, 0.2) is 45.6 Å². The number of aromatic nitrogens is 1. The molecule has 2 amide bonds. The second kappa shape index (κ2) is 11.8. The van der Waals surface area contributed by atoms with E-state index < -0.39 is 35.5 Å². The summed E-state index contributed by atoms with van der Waals surface area (Å²) in [6.45, 7) is 6.09. The number of nitriles is 1. The number of hydrogen-bond acceptors (Lipinski definition) is 8. The van der Waals surface area contributed by atoms with Crippen molar-refractivity contribution in [1.29, 1.82) is 5.26 Å². The second-order valence-electron chi connectivity index (χ2n) is 10.7. The third kappa shape index (κ3) is 6.63. The largest absolute Gasteiger partial charge is 0.496 e. The number of oxazole rings is 1. The number of nitrogens with zero attached hydrogens (tertiary/aromatic N) is 3. The predicted molar refractivity (Wildman–Crippen MR) is 147 cm³/mol. The fourth-order valence-electron chi connectivity index (χ4n) is 4.49. The highest BCUT2D eigenvalue weighted by Gasteiger charge is 2.31. The fraction of sp³-hybridized carbons (Fsp3) is 0.448. The van der Waals surface area contributed by atoms with Crippen LogP contribution in [-0.2, 0) is 27.7 Å². The van der Waals surface area contributed by atoms with E-state index in [4.69, 9.17) is 18.6 Å². The Morgan fingerprint density at radius 3 is 2.62 bits per heavy atom. The maximum atomic E-state index is 13.1. The molecule has 0 aliphatic carbocycles. The van der Waals surface area contributed by atoms with Crippen LogP contribution >= 0.6 is 0 Å². The average Bonchev–Trinajstić information content (AvgIpc) is 3.07. The zero-order valence-corrected chi connectivity index (χ0v) is 23.4. The maximum Gasteiger partial charge on any atom is 0.419 e. The molecule has 2 heterocycles. The number of carbonyl (C=O) groups is 2. The molecule has 0 bridgehead atoms. The predicted octanol–water partition coefficient (Wildman–Crippen LogP) is 3.38. The Balaban J connectivity index is 1.46. The van der Waals surface area contributed by atoms with E-state index in [0.29, 0.717) is 36.4 Å². The molecule has 40 heavy (non-hydrogen) atoms. The third-order valence-corrected chi connectivity index (χ3v) is 6.53. The molecule has 1 unspecified atom stereocenters. The van der Waals surface area contributed by atoms with Crippen molar-refractivity contribution < 1.29 is 28.2 Å². The van der Waals surface area contributed by atoms with Crippen molar-refractivity contribution in [2.45, 2.75) is 51.4 Å². The Morgan fingerprint density at radius 2 is 1.93 bits per heavy atom. The zero-order valence-electron chi connectivity index (χ0n) is 23.4. The first-order valence-corrected chi connectivity index (χ1v) is 13.1. The van der Waals surface area contributed by atoms with E-state index in [0.717, 1.165) is 16.7 Å². The van der Waals surface area contributed by atoms with E-state index in [9.17, 15) is 19.6 Å². The topological polar surface area (TPSA) is 136 Å². The fourth-order valence-corrected chi connectivity index (χ4v) is 4.49. The van der Waals surface area contributed by atoms with Crippen LogP contribution in [0.4, 0.5) is 4.79 Å². The first-order valence-electron chi connectivity index (χ1n) is 13.1. The minimum absolute atomic E-state index is 0.0313. The molecule has 2 atom stereocenters. The lowest BCUT2D eigenvalue weighted by atomic mass is 9.99. The van der Waals surface area contributed by atoms with Crippen LogP contribution in [0.3, 0.4) is 0 Å². The smallest absolute Gasteiger partial charge is 0.419 e. The van der Waals surface area contributed by atoms with Gasteiger partial charge in [-0.1, -0.05) is 18.2 Å². The molecule has 1 aromatic heterocycles. The Bertz CT molecular complexity index is 1490. The summed E-state index contributed by atoms with van der Waals surface area (Å²) in [6, 6.07) is 12.3. The second-order valence-corrected chi connectivity index (χ2v) is 10.7. The number of ether oxygens (including phenoxy) is 3.